The fourth-order valence-corrected chi connectivity index (χ4v) is 1.68. The van der Waals surface area contributed by atoms with Crippen molar-refractivity contribution in [2.75, 3.05) is 5.32 Å². The van der Waals surface area contributed by atoms with Crippen molar-refractivity contribution in [3.63, 3.8) is 0 Å². The minimum Gasteiger partial charge on any atom is -0.377 e. The normalized spacial score (nSPS) is 12.2. The molecule has 0 aliphatic carbocycles. The van der Waals surface area contributed by atoms with Crippen LogP contribution in [-0.2, 0) is 0 Å². The van der Waals surface area contributed by atoms with E-state index >= 15 is 0 Å². The van der Waals surface area contributed by atoms with Gasteiger partial charge in [0.15, 0.2) is 0 Å². The van der Waals surface area contributed by atoms with Crippen LogP contribution in [0.3, 0.4) is 0 Å². The van der Waals surface area contributed by atoms with Crippen LogP contribution >= 0.6 is 11.6 Å². The summed E-state index contributed by atoms with van der Waals surface area (Å²) in [5.74, 6) is -0.399. The Labute approximate surface area is 104 Å². The standard InChI is InChI=1S/C13H12ClFN2/c1-9(17-11-3-2-6-16-8-11)10-4-5-12(14)13(15)7-10/h2-9,17H,1H3. The Bertz CT molecular complexity index is 502. The summed E-state index contributed by atoms with van der Waals surface area (Å²) in [7, 11) is 0. The minimum absolute atomic E-state index is 0.00836. The molecular weight excluding hydrogens is 239 g/mol. The molecule has 4 heteroatoms. The molecule has 1 atom stereocenters. The number of pyridine rings is 1. The van der Waals surface area contributed by atoms with E-state index in [1.54, 1.807) is 24.5 Å². The van der Waals surface area contributed by atoms with E-state index in [4.69, 9.17) is 11.6 Å². The summed E-state index contributed by atoms with van der Waals surface area (Å²) in [6.45, 7) is 1.95. The fraction of sp³-hybridized carbons (Fsp3) is 0.154. The van der Waals surface area contributed by atoms with Crippen molar-refractivity contribution < 1.29 is 4.39 Å². The van der Waals surface area contributed by atoms with Gasteiger partial charge in [0.2, 0.25) is 0 Å². The van der Waals surface area contributed by atoms with Crippen molar-refractivity contribution in [1.82, 2.24) is 4.98 Å². The van der Waals surface area contributed by atoms with Gasteiger partial charge in [0.1, 0.15) is 5.82 Å². The summed E-state index contributed by atoms with van der Waals surface area (Å²) < 4.78 is 13.3. The highest BCUT2D eigenvalue weighted by molar-refractivity contribution is 6.30. The Morgan fingerprint density at radius 2 is 2.18 bits per heavy atom. The molecule has 0 saturated heterocycles. The molecule has 0 aliphatic heterocycles. The van der Waals surface area contributed by atoms with E-state index in [1.807, 2.05) is 19.1 Å². The van der Waals surface area contributed by atoms with Gasteiger partial charge < -0.3 is 5.32 Å². The number of hydrogen-bond donors (Lipinski definition) is 1. The van der Waals surface area contributed by atoms with E-state index in [9.17, 15) is 4.39 Å². The van der Waals surface area contributed by atoms with Crippen LogP contribution in [0.15, 0.2) is 42.7 Å². The van der Waals surface area contributed by atoms with E-state index in [-0.39, 0.29) is 11.1 Å². The third-order valence-electron chi connectivity index (χ3n) is 2.49. The lowest BCUT2D eigenvalue weighted by Gasteiger charge is -2.15. The first-order chi connectivity index (χ1) is 8.16. The number of nitrogens with one attached hydrogen (secondary N) is 1. The molecule has 1 unspecified atom stereocenters. The van der Waals surface area contributed by atoms with E-state index < -0.39 is 5.82 Å². The molecule has 0 bridgehead atoms. The molecule has 1 aromatic heterocycles. The molecule has 1 N–H and O–H groups in total. The minimum atomic E-state index is -0.399. The molecule has 0 radical (unpaired) electrons. The van der Waals surface area contributed by atoms with Gasteiger partial charge in [-0.05, 0) is 36.8 Å². The molecule has 0 spiro atoms. The summed E-state index contributed by atoms with van der Waals surface area (Å²) >= 11 is 5.64. The number of aromatic nitrogens is 1. The Morgan fingerprint density at radius 1 is 1.35 bits per heavy atom. The fourth-order valence-electron chi connectivity index (χ4n) is 1.56. The lowest BCUT2D eigenvalue weighted by molar-refractivity contribution is 0.624. The number of halogens is 2. The van der Waals surface area contributed by atoms with Crippen LogP contribution < -0.4 is 5.32 Å². The number of anilines is 1. The van der Waals surface area contributed by atoms with Gasteiger partial charge in [-0.1, -0.05) is 17.7 Å². The van der Waals surface area contributed by atoms with Crippen LogP contribution in [0.5, 0.6) is 0 Å². The van der Waals surface area contributed by atoms with Crippen molar-refractivity contribution in [3.8, 4) is 0 Å². The Balaban J connectivity index is 2.14. The van der Waals surface area contributed by atoms with E-state index in [0.29, 0.717) is 0 Å². The van der Waals surface area contributed by atoms with Crippen molar-refractivity contribution in [1.29, 1.82) is 0 Å². The summed E-state index contributed by atoms with van der Waals surface area (Å²) in [4.78, 5) is 4.01. The zero-order valence-electron chi connectivity index (χ0n) is 9.32. The molecule has 1 aromatic carbocycles. The number of rotatable bonds is 3. The van der Waals surface area contributed by atoms with E-state index in [2.05, 4.69) is 10.3 Å². The first-order valence-corrected chi connectivity index (χ1v) is 5.66. The van der Waals surface area contributed by atoms with Gasteiger partial charge in [0.05, 0.1) is 10.7 Å². The predicted octanol–water partition coefficient (Wildman–Crippen LogP) is 4.05. The molecule has 0 fully saturated rings. The average molecular weight is 251 g/mol. The summed E-state index contributed by atoms with van der Waals surface area (Å²) in [6.07, 6.45) is 3.43. The topological polar surface area (TPSA) is 24.9 Å². The molecule has 2 rings (SSSR count). The SMILES string of the molecule is CC(Nc1cccnc1)c1ccc(Cl)c(F)c1. The summed E-state index contributed by atoms with van der Waals surface area (Å²) in [6, 6.07) is 8.56. The van der Waals surface area contributed by atoms with Crippen LogP contribution in [0.1, 0.15) is 18.5 Å². The second-order valence-corrected chi connectivity index (χ2v) is 4.19. The molecule has 0 aliphatic rings. The van der Waals surface area contributed by atoms with Crippen molar-refractivity contribution >= 4 is 17.3 Å². The third kappa shape index (κ3) is 2.94. The summed E-state index contributed by atoms with van der Waals surface area (Å²) in [5.41, 5.74) is 1.74. The van der Waals surface area contributed by atoms with Crippen LogP contribution in [0.2, 0.25) is 5.02 Å². The number of hydrogen-bond acceptors (Lipinski definition) is 2. The molecule has 17 heavy (non-hydrogen) atoms. The highest BCUT2D eigenvalue weighted by atomic mass is 35.5. The molecule has 0 amide bonds. The maximum absolute atomic E-state index is 13.3. The van der Waals surface area contributed by atoms with Gasteiger partial charge in [0.25, 0.3) is 0 Å². The molecule has 2 aromatic rings. The number of benzene rings is 1. The summed E-state index contributed by atoms with van der Waals surface area (Å²) in [5, 5.41) is 3.37. The molecule has 2 nitrogen and oxygen atoms in total. The zero-order chi connectivity index (χ0) is 12.3. The lowest BCUT2D eigenvalue weighted by Crippen LogP contribution is -2.07. The van der Waals surface area contributed by atoms with Gasteiger partial charge >= 0.3 is 0 Å². The Kier molecular flexibility index (Phi) is 3.59. The first-order valence-electron chi connectivity index (χ1n) is 5.28. The second-order valence-electron chi connectivity index (χ2n) is 3.78. The maximum atomic E-state index is 13.3. The first kappa shape index (κ1) is 11.9. The van der Waals surface area contributed by atoms with Crippen LogP contribution in [-0.4, -0.2) is 4.98 Å². The smallest absolute Gasteiger partial charge is 0.142 e. The van der Waals surface area contributed by atoms with Gasteiger partial charge in [-0.25, -0.2) is 4.39 Å². The van der Waals surface area contributed by atoms with Crippen molar-refractivity contribution in [3.05, 3.63) is 59.1 Å². The molecule has 0 saturated carbocycles. The van der Waals surface area contributed by atoms with Gasteiger partial charge in [-0.2, -0.15) is 0 Å². The van der Waals surface area contributed by atoms with Gasteiger partial charge in [-0.15, -0.1) is 0 Å². The average Bonchev–Trinajstić information content (AvgIpc) is 2.34. The maximum Gasteiger partial charge on any atom is 0.142 e. The Morgan fingerprint density at radius 3 is 2.82 bits per heavy atom. The van der Waals surface area contributed by atoms with Crippen LogP contribution in [0.25, 0.3) is 0 Å². The Hall–Kier alpha value is -1.61. The zero-order valence-corrected chi connectivity index (χ0v) is 10.1. The molecular formula is C13H12ClFN2. The van der Waals surface area contributed by atoms with Crippen LogP contribution in [0, 0.1) is 5.82 Å². The van der Waals surface area contributed by atoms with E-state index in [1.165, 1.54) is 6.07 Å². The predicted molar refractivity (Wildman–Crippen MR) is 67.7 cm³/mol. The quantitative estimate of drug-likeness (QED) is 0.889. The van der Waals surface area contributed by atoms with Gasteiger partial charge in [0, 0.05) is 18.4 Å². The van der Waals surface area contributed by atoms with Gasteiger partial charge in [-0.3, -0.25) is 4.98 Å². The largest absolute Gasteiger partial charge is 0.377 e. The van der Waals surface area contributed by atoms with Crippen molar-refractivity contribution in [2.24, 2.45) is 0 Å². The highest BCUT2D eigenvalue weighted by Crippen LogP contribution is 2.22. The molecule has 1 heterocycles. The second kappa shape index (κ2) is 5.15. The van der Waals surface area contributed by atoms with Crippen LogP contribution in [0.4, 0.5) is 10.1 Å². The monoisotopic (exact) mass is 250 g/mol. The highest BCUT2D eigenvalue weighted by Gasteiger charge is 2.08. The van der Waals surface area contributed by atoms with Crippen molar-refractivity contribution in [2.45, 2.75) is 13.0 Å². The van der Waals surface area contributed by atoms with E-state index in [0.717, 1.165) is 11.3 Å². The lowest BCUT2D eigenvalue weighted by atomic mass is 10.1. The molecule has 88 valence electrons. The third-order valence-corrected chi connectivity index (χ3v) is 2.79. The number of nitrogens with zero attached hydrogens (tertiary/aromatic N) is 1.